The highest BCUT2D eigenvalue weighted by atomic mass is 16.2. The van der Waals surface area contributed by atoms with Crippen molar-refractivity contribution in [2.24, 2.45) is 0 Å². The van der Waals surface area contributed by atoms with Gasteiger partial charge in [0, 0.05) is 41.8 Å². The average molecular weight is 402 g/mol. The van der Waals surface area contributed by atoms with E-state index in [1.807, 2.05) is 74.6 Å². The molecule has 0 fully saturated rings. The topological polar surface area (TPSA) is 61.4 Å². The second-order valence-electron chi connectivity index (χ2n) is 7.22. The van der Waals surface area contributed by atoms with Crippen LogP contribution in [0.4, 0.5) is 17.1 Å². The molecule has 0 aliphatic carbocycles. The van der Waals surface area contributed by atoms with E-state index >= 15 is 0 Å². The summed E-state index contributed by atoms with van der Waals surface area (Å²) in [5.74, 6) is -0.372. The van der Waals surface area contributed by atoms with E-state index in [0.717, 1.165) is 24.2 Å². The van der Waals surface area contributed by atoms with Crippen molar-refractivity contribution in [2.75, 3.05) is 29.1 Å². The molecule has 154 valence electrons. The molecule has 2 amide bonds. The SMILES string of the molecule is CCCN(C)c1ccc(C(=O)Nc2cccc(NC(=O)c3ccccc3)c2C)cc1. The summed E-state index contributed by atoms with van der Waals surface area (Å²) in [7, 11) is 2.04. The zero-order chi connectivity index (χ0) is 21.5. The van der Waals surface area contributed by atoms with Gasteiger partial charge >= 0.3 is 0 Å². The van der Waals surface area contributed by atoms with Gasteiger partial charge in [-0.2, -0.15) is 0 Å². The van der Waals surface area contributed by atoms with Crippen LogP contribution in [0, 0.1) is 6.92 Å². The van der Waals surface area contributed by atoms with E-state index in [9.17, 15) is 9.59 Å². The van der Waals surface area contributed by atoms with Gasteiger partial charge in [0.05, 0.1) is 0 Å². The molecular weight excluding hydrogens is 374 g/mol. The standard InChI is InChI=1S/C25H27N3O2/c1-4-17-28(3)21-15-13-20(14-16-21)25(30)27-23-12-8-11-22(18(23)2)26-24(29)19-9-6-5-7-10-19/h5-16H,4,17H2,1-3H3,(H,26,29)(H,27,30). The van der Waals surface area contributed by atoms with Crippen LogP contribution in [0.5, 0.6) is 0 Å². The normalized spacial score (nSPS) is 10.4. The van der Waals surface area contributed by atoms with Crippen LogP contribution in [0.3, 0.4) is 0 Å². The Morgan fingerprint density at radius 2 is 1.30 bits per heavy atom. The third-order valence-corrected chi connectivity index (χ3v) is 5.00. The molecule has 3 rings (SSSR count). The van der Waals surface area contributed by atoms with Gasteiger partial charge in [0.2, 0.25) is 0 Å². The first-order valence-electron chi connectivity index (χ1n) is 10.1. The maximum atomic E-state index is 12.7. The van der Waals surface area contributed by atoms with Crippen molar-refractivity contribution >= 4 is 28.9 Å². The van der Waals surface area contributed by atoms with Gasteiger partial charge < -0.3 is 15.5 Å². The number of amides is 2. The number of rotatable bonds is 7. The van der Waals surface area contributed by atoms with E-state index < -0.39 is 0 Å². The molecule has 0 unspecified atom stereocenters. The van der Waals surface area contributed by atoms with Crippen molar-refractivity contribution < 1.29 is 9.59 Å². The first kappa shape index (κ1) is 21.1. The van der Waals surface area contributed by atoms with Crippen LogP contribution < -0.4 is 15.5 Å². The van der Waals surface area contributed by atoms with Crippen molar-refractivity contribution in [2.45, 2.75) is 20.3 Å². The van der Waals surface area contributed by atoms with Gasteiger partial charge in [-0.25, -0.2) is 0 Å². The lowest BCUT2D eigenvalue weighted by Gasteiger charge is -2.18. The van der Waals surface area contributed by atoms with Crippen LogP contribution in [0.1, 0.15) is 39.6 Å². The number of carbonyl (C=O) groups excluding carboxylic acids is 2. The summed E-state index contributed by atoms with van der Waals surface area (Å²) in [6, 6.07) is 22.1. The predicted octanol–water partition coefficient (Wildman–Crippen LogP) is 5.35. The number of benzene rings is 3. The Bertz CT molecular complexity index is 1010. The summed E-state index contributed by atoms with van der Waals surface area (Å²) >= 11 is 0. The van der Waals surface area contributed by atoms with Gasteiger partial charge in [0.1, 0.15) is 0 Å². The molecule has 2 N–H and O–H groups in total. The van der Waals surface area contributed by atoms with E-state index in [2.05, 4.69) is 22.5 Å². The molecule has 0 spiro atoms. The predicted molar refractivity (Wildman–Crippen MR) is 124 cm³/mol. The third-order valence-electron chi connectivity index (χ3n) is 5.00. The Hall–Kier alpha value is -3.60. The number of hydrogen-bond acceptors (Lipinski definition) is 3. The van der Waals surface area contributed by atoms with Crippen LogP contribution in [-0.4, -0.2) is 25.4 Å². The maximum Gasteiger partial charge on any atom is 0.255 e. The summed E-state index contributed by atoms with van der Waals surface area (Å²) in [5.41, 5.74) is 4.38. The van der Waals surface area contributed by atoms with E-state index in [0.29, 0.717) is 22.5 Å². The highest BCUT2D eigenvalue weighted by Crippen LogP contribution is 2.25. The number of anilines is 3. The second-order valence-corrected chi connectivity index (χ2v) is 7.22. The van der Waals surface area contributed by atoms with Gasteiger partial charge in [-0.3, -0.25) is 9.59 Å². The quantitative estimate of drug-likeness (QED) is 0.561. The highest BCUT2D eigenvalue weighted by Gasteiger charge is 2.12. The lowest BCUT2D eigenvalue weighted by Crippen LogP contribution is -2.18. The van der Waals surface area contributed by atoms with Gasteiger partial charge in [0.15, 0.2) is 0 Å². The van der Waals surface area contributed by atoms with Crippen molar-refractivity contribution in [1.29, 1.82) is 0 Å². The van der Waals surface area contributed by atoms with Gasteiger partial charge in [-0.05, 0) is 67.4 Å². The molecule has 0 atom stereocenters. The molecule has 0 heterocycles. The highest BCUT2D eigenvalue weighted by molar-refractivity contribution is 6.07. The largest absolute Gasteiger partial charge is 0.375 e. The molecule has 5 nitrogen and oxygen atoms in total. The molecule has 3 aromatic carbocycles. The molecule has 0 radical (unpaired) electrons. The van der Waals surface area contributed by atoms with Crippen LogP contribution in [-0.2, 0) is 0 Å². The fourth-order valence-electron chi connectivity index (χ4n) is 3.22. The maximum absolute atomic E-state index is 12.7. The Labute approximate surface area is 177 Å². The molecule has 30 heavy (non-hydrogen) atoms. The number of nitrogens with zero attached hydrogens (tertiary/aromatic N) is 1. The number of carbonyl (C=O) groups is 2. The third kappa shape index (κ3) is 5.06. The second kappa shape index (κ2) is 9.74. The van der Waals surface area contributed by atoms with Gasteiger partial charge in [-0.15, -0.1) is 0 Å². The summed E-state index contributed by atoms with van der Waals surface area (Å²) in [6.45, 7) is 4.97. The van der Waals surface area contributed by atoms with E-state index in [-0.39, 0.29) is 11.8 Å². The van der Waals surface area contributed by atoms with Crippen LogP contribution in [0.15, 0.2) is 72.8 Å². The zero-order valence-electron chi connectivity index (χ0n) is 17.6. The minimum Gasteiger partial charge on any atom is -0.375 e. The van der Waals surface area contributed by atoms with Crippen molar-refractivity contribution in [1.82, 2.24) is 0 Å². The fourth-order valence-corrected chi connectivity index (χ4v) is 3.22. The minimum atomic E-state index is -0.186. The lowest BCUT2D eigenvalue weighted by atomic mass is 10.1. The Morgan fingerprint density at radius 3 is 1.83 bits per heavy atom. The Kier molecular flexibility index (Phi) is 6.86. The van der Waals surface area contributed by atoms with E-state index in [1.165, 1.54) is 0 Å². The van der Waals surface area contributed by atoms with Crippen molar-refractivity contribution in [3.63, 3.8) is 0 Å². The van der Waals surface area contributed by atoms with Crippen LogP contribution >= 0.6 is 0 Å². The van der Waals surface area contributed by atoms with Crippen molar-refractivity contribution in [3.05, 3.63) is 89.5 Å². The average Bonchev–Trinajstić information content (AvgIpc) is 2.77. The van der Waals surface area contributed by atoms with Crippen molar-refractivity contribution in [3.8, 4) is 0 Å². The Balaban J connectivity index is 1.71. The molecular formula is C25H27N3O2. The summed E-state index contributed by atoms with van der Waals surface area (Å²) in [4.78, 5) is 27.3. The number of hydrogen-bond donors (Lipinski definition) is 2. The summed E-state index contributed by atoms with van der Waals surface area (Å²) < 4.78 is 0. The summed E-state index contributed by atoms with van der Waals surface area (Å²) in [6.07, 6.45) is 1.06. The zero-order valence-corrected chi connectivity index (χ0v) is 17.6. The minimum absolute atomic E-state index is 0.186. The van der Waals surface area contributed by atoms with E-state index in [4.69, 9.17) is 0 Å². The molecule has 0 saturated heterocycles. The molecule has 3 aromatic rings. The molecule has 0 aliphatic heterocycles. The van der Waals surface area contributed by atoms with E-state index in [1.54, 1.807) is 12.1 Å². The fraction of sp³-hybridized carbons (Fsp3) is 0.200. The van der Waals surface area contributed by atoms with Crippen LogP contribution in [0.2, 0.25) is 0 Å². The Morgan fingerprint density at radius 1 is 0.767 bits per heavy atom. The lowest BCUT2D eigenvalue weighted by molar-refractivity contribution is 0.101. The smallest absolute Gasteiger partial charge is 0.255 e. The monoisotopic (exact) mass is 401 g/mol. The van der Waals surface area contributed by atoms with Crippen LogP contribution in [0.25, 0.3) is 0 Å². The molecule has 0 bridgehead atoms. The molecule has 0 aromatic heterocycles. The first-order valence-corrected chi connectivity index (χ1v) is 10.1. The summed E-state index contributed by atoms with van der Waals surface area (Å²) in [5, 5.41) is 5.87. The molecule has 0 saturated carbocycles. The van der Waals surface area contributed by atoms with Gasteiger partial charge in [-0.1, -0.05) is 31.2 Å². The van der Waals surface area contributed by atoms with Gasteiger partial charge in [0.25, 0.3) is 11.8 Å². The molecule has 5 heteroatoms. The number of nitrogens with one attached hydrogen (secondary N) is 2. The first-order chi connectivity index (χ1) is 14.5. The molecule has 0 aliphatic rings.